The van der Waals surface area contributed by atoms with Crippen LogP contribution in [0.2, 0.25) is 5.02 Å². The van der Waals surface area contributed by atoms with Crippen LogP contribution in [0.1, 0.15) is 21.5 Å². The van der Waals surface area contributed by atoms with Crippen molar-refractivity contribution in [2.75, 3.05) is 11.9 Å². The molecule has 1 aromatic carbocycles. The van der Waals surface area contributed by atoms with E-state index >= 15 is 0 Å². The van der Waals surface area contributed by atoms with Crippen LogP contribution in [0.15, 0.2) is 61.2 Å². The third-order valence-corrected chi connectivity index (χ3v) is 4.85. The van der Waals surface area contributed by atoms with Gasteiger partial charge in [-0.1, -0.05) is 17.7 Å². The van der Waals surface area contributed by atoms with Crippen LogP contribution in [-0.2, 0) is 0 Å². The highest BCUT2D eigenvalue weighted by Gasteiger charge is 2.17. The summed E-state index contributed by atoms with van der Waals surface area (Å²) in [7, 11) is 1.93. The normalized spacial score (nSPS) is 10.9. The maximum absolute atomic E-state index is 12.8. The highest BCUT2D eigenvalue weighted by Crippen LogP contribution is 2.33. The van der Waals surface area contributed by atoms with Gasteiger partial charge in [0.05, 0.1) is 22.6 Å². The zero-order valence-corrected chi connectivity index (χ0v) is 15.7. The van der Waals surface area contributed by atoms with Gasteiger partial charge in [-0.15, -0.1) is 0 Å². The van der Waals surface area contributed by atoms with Crippen molar-refractivity contribution in [2.24, 2.45) is 0 Å². The van der Waals surface area contributed by atoms with E-state index in [1.165, 1.54) is 0 Å². The monoisotopic (exact) mass is 376 g/mol. The van der Waals surface area contributed by atoms with Crippen molar-refractivity contribution >= 4 is 39.8 Å². The second-order valence-electron chi connectivity index (χ2n) is 6.38. The zero-order chi connectivity index (χ0) is 19.0. The molecular weight excluding hydrogens is 360 g/mol. The number of anilines is 2. The molecule has 0 spiro atoms. The van der Waals surface area contributed by atoms with Crippen molar-refractivity contribution in [1.82, 2.24) is 15.0 Å². The molecule has 0 fully saturated rings. The minimum Gasteiger partial charge on any atom is -0.345 e. The molecule has 6 heteroatoms. The fourth-order valence-corrected chi connectivity index (χ4v) is 3.28. The van der Waals surface area contributed by atoms with Gasteiger partial charge in [-0.05, 0) is 42.8 Å². The van der Waals surface area contributed by atoms with Crippen molar-refractivity contribution in [3.8, 4) is 0 Å². The van der Waals surface area contributed by atoms with Crippen LogP contribution in [0.25, 0.3) is 11.0 Å². The van der Waals surface area contributed by atoms with Gasteiger partial charge in [0, 0.05) is 42.2 Å². The first kappa shape index (κ1) is 17.2. The number of fused-ring (bicyclic) bond motifs is 1. The van der Waals surface area contributed by atoms with Gasteiger partial charge >= 0.3 is 0 Å². The molecule has 0 aliphatic carbocycles. The Morgan fingerprint density at radius 3 is 2.81 bits per heavy atom. The van der Waals surface area contributed by atoms with Crippen LogP contribution >= 0.6 is 11.6 Å². The first-order valence-electron chi connectivity index (χ1n) is 8.46. The van der Waals surface area contributed by atoms with Gasteiger partial charge < -0.3 is 9.88 Å². The number of ketones is 1. The van der Waals surface area contributed by atoms with E-state index in [4.69, 9.17) is 11.6 Å². The molecule has 0 atom stereocenters. The van der Waals surface area contributed by atoms with Crippen molar-refractivity contribution in [1.29, 1.82) is 0 Å². The smallest absolute Gasteiger partial charge is 0.196 e. The van der Waals surface area contributed by atoms with E-state index in [2.05, 4.69) is 15.0 Å². The van der Waals surface area contributed by atoms with Gasteiger partial charge in [0.15, 0.2) is 5.78 Å². The maximum atomic E-state index is 12.8. The molecule has 0 saturated carbocycles. The summed E-state index contributed by atoms with van der Waals surface area (Å²) < 4.78 is 0. The summed E-state index contributed by atoms with van der Waals surface area (Å²) in [6, 6.07) is 11.3. The molecule has 0 unspecified atom stereocenters. The van der Waals surface area contributed by atoms with Crippen LogP contribution < -0.4 is 4.90 Å². The number of pyridine rings is 2. The Hall–Kier alpha value is -3.18. The number of nitrogens with one attached hydrogen (secondary N) is 1. The van der Waals surface area contributed by atoms with E-state index in [0.717, 1.165) is 22.3 Å². The number of hydrogen-bond acceptors (Lipinski definition) is 4. The van der Waals surface area contributed by atoms with E-state index in [9.17, 15) is 4.79 Å². The Morgan fingerprint density at radius 2 is 2.04 bits per heavy atom. The molecule has 27 heavy (non-hydrogen) atoms. The third-order valence-electron chi connectivity index (χ3n) is 4.54. The van der Waals surface area contributed by atoms with E-state index in [-0.39, 0.29) is 5.78 Å². The molecule has 134 valence electrons. The van der Waals surface area contributed by atoms with Gasteiger partial charge in [0.25, 0.3) is 0 Å². The first-order valence-corrected chi connectivity index (χ1v) is 8.84. The summed E-state index contributed by atoms with van der Waals surface area (Å²) in [4.78, 5) is 26.4. The number of nitrogens with zero attached hydrogens (tertiary/aromatic N) is 3. The SMILES string of the molecule is Cc1ccc(Cl)c(N(C)c2cnc3[nH]cc(C(=O)c4cccnc4)c3c2)c1. The van der Waals surface area contributed by atoms with E-state index in [0.29, 0.717) is 21.8 Å². The predicted octanol–water partition coefficient (Wildman–Crippen LogP) is 4.92. The molecular formula is C21H17ClN4O. The molecule has 4 aromatic rings. The number of carbonyl (C=O) groups excluding carboxylic acids is 1. The summed E-state index contributed by atoms with van der Waals surface area (Å²) in [6.45, 7) is 2.02. The average molecular weight is 377 g/mol. The lowest BCUT2D eigenvalue weighted by Crippen LogP contribution is -2.10. The topological polar surface area (TPSA) is 61.9 Å². The van der Waals surface area contributed by atoms with Crippen molar-refractivity contribution < 1.29 is 4.79 Å². The minimum absolute atomic E-state index is 0.0930. The van der Waals surface area contributed by atoms with Gasteiger partial charge in [0.1, 0.15) is 5.65 Å². The van der Waals surface area contributed by atoms with Crippen molar-refractivity contribution in [2.45, 2.75) is 6.92 Å². The molecule has 5 nitrogen and oxygen atoms in total. The number of carbonyl (C=O) groups is 1. The number of aryl methyl sites for hydroxylation is 1. The first-order chi connectivity index (χ1) is 13.0. The van der Waals surface area contributed by atoms with Crippen molar-refractivity contribution in [3.63, 3.8) is 0 Å². The van der Waals surface area contributed by atoms with Crippen LogP contribution in [0, 0.1) is 6.92 Å². The molecule has 3 aromatic heterocycles. The summed E-state index contributed by atoms with van der Waals surface area (Å²) in [5.41, 5.74) is 4.61. The molecule has 3 heterocycles. The summed E-state index contributed by atoms with van der Waals surface area (Å²) in [5.74, 6) is -0.0930. The number of benzene rings is 1. The lowest BCUT2D eigenvalue weighted by atomic mass is 10.0. The number of aromatic amines is 1. The molecule has 0 radical (unpaired) electrons. The van der Waals surface area contributed by atoms with Crippen LogP contribution in [-0.4, -0.2) is 27.8 Å². The molecule has 1 N–H and O–H groups in total. The summed E-state index contributed by atoms with van der Waals surface area (Å²) in [5, 5.41) is 1.42. The van der Waals surface area contributed by atoms with Crippen LogP contribution in [0.5, 0.6) is 0 Å². The largest absolute Gasteiger partial charge is 0.345 e. The van der Waals surface area contributed by atoms with E-state index < -0.39 is 0 Å². The highest BCUT2D eigenvalue weighted by atomic mass is 35.5. The Balaban J connectivity index is 1.78. The minimum atomic E-state index is -0.0930. The standard InChI is InChI=1S/C21H17ClN4O/c1-13-5-6-18(22)19(8-13)26(2)15-9-16-17(12-25-21(16)24-11-15)20(27)14-4-3-7-23-10-14/h3-12H,1-2H3,(H,24,25). The zero-order valence-electron chi connectivity index (χ0n) is 14.9. The molecule has 0 amide bonds. The molecule has 0 aliphatic heterocycles. The lowest BCUT2D eigenvalue weighted by Gasteiger charge is -2.21. The van der Waals surface area contributed by atoms with Gasteiger partial charge in [-0.3, -0.25) is 9.78 Å². The van der Waals surface area contributed by atoms with E-state index in [1.807, 2.05) is 43.1 Å². The average Bonchev–Trinajstić information content (AvgIpc) is 3.12. The maximum Gasteiger partial charge on any atom is 0.196 e. The van der Waals surface area contributed by atoms with Crippen LogP contribution in [0.3, 0.4) is 0 Å². The predicted molar refractivity (Wildman–Crippen MR) is 108 cm³/mol. The third kappa shape index (κ3) is 3.17. The number of rotatable bonds is 4. The summed E-state index contributed by atoms with van der Waals surface area (Å²) >= 11 is 6.37. The van der Waals surface area contributed by atoms with Gasteiger partial charge in [-0.25, -0.2) is 4.98 Å². The van der Waals surface area contributed by atoms with E-state index in [1.54, 1.807) is 36.9 Å². The molecule has 0 saturated heterocycles. The quantitative estimate of drug-likeness (QED) is 0.513. The Kier molecular flexibility index (Phi) is 4.38. The second-order valence-corrected chi connectivity index (χ2v) is 6.78. The second kappa shape index (κ2) is 6.85. The Morgan fingerprint density at radius 1 is 1.19 bits per heavy atom. The number of H-pyrrole nitrogens is 1. The van der Waals surface area contributed by atoms with Gasteiger partial charge in [-0.2, -0.15) is 0 Å². The van der Waals surface area contributed by atoms with Crippen molar-refractivity contribution in [3.05, 3.63) is 82.9 Å². The molecule has 0 bridgehead atoms. The van der Waals surface area contributed by atoms with Gasteiger partial charge in [0.2, 0.25) is 0 Å². The fourth-order valence-electron chi connectivity index (χ4n) is 3.04. The Bertz CT molecular complexity index is 1140. The highest BCUT2D eigenvalue weighted by molar-refractivity contribution is 6.33. The fraction of sp³-hybridized carbons (Fsp3) is 0.0952. The molecule has 4 rings (SSSR count). The number of aromatic nitrogens is 3. The molecule has 0 aliphatic rings. The number of halogens is 1. The number of hydrogen-bond donors (Lipinski definition) is 1. The summed E-state index contributed by atoms with van der Waals surface area (Å²) in [6.07, 6.45) is 6.66. The van der Waals surface area contributed by atoms with Crippen LogP contribution in [0.4, 0.5) is 11.4 Å². The Labute approximate surface area is 161 Å². The lowest BCUT2D eigenvalue weighted by molar-refractivity contribution is 0.104.